The highest BCUT2D eigenvalue weighted by Crippen LogP contribution is 2.22. The SMILES string of the molecule is CCC(C)N(CCOC)C(=O)c1cccc(F)c1NC. The number of anilines is 1. The van der Waals surface area contributed by atoms with Gasteiger partial charge in [0.1, 0.15) is 5.82 Å². The Morgan fingerprint density at radius 3 is 2.75 bits per heavy atom. The Balaban J connectivity index is 3.08. The van der Waals surface area contributed by atoms with Crippen LogP contribution in [0.15, 0.2) is 18.2 Å². The van der Waals surface area contributed by atoms with E-state index in [4.69, 9.17) is 4.74 Å². The molecule has 0 spiro atoms. The van der Waals surface area contributed by atoms with Crippen LogP contribution in [0.4, 0.5) is 10.1 Å². The second kappa shape index (κ2) is 7.85. The minimum absolute atomic E-state index is 0.0747. The lowest BCUT2D eigenvalue weighted by Crippen LogP contribution is -2.40. The van der Waals surface area contributed by atoms with Crippen LogP contribution in [0.2, 0.25) is 0 Å². The van der Waals surface area contributed by atoms with Crippen LogP contribution in [-0.2, 0) is 4.74 Å². The Hall–Kier alpha value is -1.62. The van der Waals surface area contributed by atoms with E-state index < -0.39 is 5.82 Å². The maximum absolute atomic E-state index is 13.8. The number of halogens is 1. The van der Waals surface area contributed by atoms with Gasteiger partial charge in [0.2, 0.25) is 0 Å². The molecule has 1 amide bonds. The lowest BCUT2D eigenvalue weighted by atomic mass is 10.1. The molecule has 1 rings (SSSR count). The van der Waals surface area contributed by atoms with Crippen molar-refractivity contribution >= 4 is 11.6 Å². The molecule has 0 aliphatic rings. The van der Waals surface area contributed by atoms with E-state index in [0.29, 0.717) is 18.7 Å². The van der Waals surface area contributed by atoms with Crippen molar-refractivity contribution in [3.8, 4) is 0 Å². The van der Waals surface area contributed by atoms with Gasteiger partial charge in [0.15, 0.2) is 0 Å². The normalized spacial score (nSPS) is 12.1. The number of nitrogens with zero attached hydrogens (tertiary/aromatic N) is 1. The molecule has 0 heterocycles. The van der Waals surface area contributed by atoms with Crippen LogP contribution in [0, 0.1) is 5.82 Å². The second-order valence-corrected chi connectivity index (χ2v) is 4.66. The molecule has 1 unspecified atom stereocenters. The van der Waals surface area contributed by atoms with Crippen molar-refractivity contribution in [3.05, 3.63) is 29.6 Å². The summed E-state index contributed by atoms with van der Waals surface area (Å²) in [6, 6.07) is 4.60. The predicted octanol–water partition coefficient (Wildman–Crippen LogP) is 2.75. The molecule has 1 N–H and O–H groups in total. The van der Waals surface area contributed by atoms with Crippen LogP contribution >= 0.6 is 0 Å². The fourth-order valence-corrected chi connectivity index (χ4v) is 2.04. The summed E-state index contributed by atoms with van der Waals surface area (Å²) in [6.07, 6.45) is 0.833. The van der Waals surface area contributed by atoms with Crippen molar-refractivity contribution in [3.63, 3.8) is 0 Å². The molecule has 5 heteroatoms. The minimum Gasteiger partial charge on any atom is -0.385 e. The maximum Gasteiger partial charge on any atom is 0.256 e. The number of nitrogens with one attached hydrogen (secondary N) is 1. The van der Waals surface area contributed by atoms with Gasteiger partial charge in [-0.1, -0.05) is 13.0 Å². The highest BCUT2D eigenvalue weighted by Gasteiger charge is 2.23. The van der Waals surface area contributed by atoms with Crippen LogP contribution in [0.1, 0.15) is 30.6 Å². The van der Waals surface area contributed by atoms with E-state index in [1.54, 1.807) is 31.2 Å². The van der Waals surface area contributed by atoms with Gasteiger partial charge in [-0.2, -0.15) is 0 Å². The van der Waals surface area contributed by atoms with E-state index in [0.717, 1.165) is 6.42 Å². The first-order valence-electron chi connectivity index (χ1n) is 6.82. The molecular weight excluding hydrogens is 259 g/mol. The lowest BCUT2D eigenvalue weighted by Gasteiger charge is -2.29. The molecule has 0 bridgehead atoms. The molecule has 112 valence electrons. The summed E-state index contributed by atoms with van der Waals surface area (Å²) in [7, 11) is 3.21. The van der Waals surface area contributed by atoms with E-state index >= 15 is 0 Å². The summed E-state index contributed by atoms with van der Waals surface area (Å²) in [4.78, 5) is 14.4. The molecule has 0 aliphatic heterocycles. The van der Waals surface area contributed by atoms with Crippen molar-refractivity contribution < 1.29 is 13.9 Å². The largest absolute Gasteiger partial charge is 0.385 e. The smallest absolute Gasteiger partial charge is 0.256 e. The number of ether oxygens (including phenoxy) is 1. The molecule has 20 heavy (non-hydrogen) atoms. The number of hydrogen-bond donors (Lipinski definition) is 1. The van der Waals surface area contributed by atoms with E-state index in [-0.39, 0.29) is 17.6 Å². The summed E-state index contributed by atoms with van der Waals surface area (Å²) in [5.41, 5.74) is 0.590. The Kier molecular flexibility index (Phi) is 6.45. The van der Waals surface area contributed by atoms with Crippen LogP contribution in [0.5, 0.6) is 0 Å². The minimum atomic E-state index is -0.422. The van der Waals surface area contributed by atoms with Gasteiger partial charge in [0.05, 0.1) is 17.9 Å². The van der Waals surface area contributed by atoms with Gasteiger partial charge >= 0.3 is 0 Å². The summed E-state index contributed by atoms with van der Waals surface area (Å²) in [5, 5.41) is 2.76. The molecule has 0 aromatic heterocycles. The molecule has 1 atom stereocenters. The fourth-order valence-electron chi connectivity index (χ4n) is 2.04. The number of amides is 1. The predicted molar refractivity (Wildman–Crippen MR) is 78.6 cm³/mol. The van der Waals surface area contributed by atoms with Crippen LogP contribution in [0.25, 0.3) is 0 Å². The number of methoxy groups -OCH3 is 1. The maximum atomic E-state index is 13.8. The molecule has 0 saturated carbocycles. The van der Waals surface area contributed by atoms with E-state index in [1.807, 2.05) is 13.8 Å². The average Bonchev–Trinajstić information content (AvgIpc) is 2.46. The van der Waals surface area contributed by atoms with E-state index in [1.165, 1.54) is 6.07 Å². The molecule has 1 aromatic carbocycles. The third-order valence-corrected chi connectivity index (χ3v) is 3.41. The van der Waals surface area contributed by atoms with Gasteiger partial charge in [-0.3, -0.25) is 4.79 Å². The highest BCUT2D eigenvalue weighted by atomic mass is 19.1. The van der Waals surface area contributed by atoms with Gasteiger partial charge < -0.3 is 15.0 Å². The standard InChI is InChI=1S/C15H23FN2O2/c1-5-11(2)18(9-10-20-4)15(19)12-7-6-8-13(16)14(12)17-3/h6-8,11,17H,5,9-10H2,1-4H3. The molecule has 1 aromatic rings. The van der Waals surface area contributed by atoms with Crippen molar-refractivity contribution in [1.29, 1.82) is 0 Å². The first-order valence-corrected chi connectivity index (χ1v) is 6.82. The zero-order chi connectivity index (χ0) is 15.1. The van der Waals surface area contributed by atoms with Gasteiger partial charge in [-0.15, -0.1) is 0 Å². The molecule has 0 radical (unpaired) electrons. The highest BCUT2D eigenvalue weighted by molar-refractivity contribution is 5.99. The Labute approximate surface area is 119 Å². The van der Waals surface area contributed by atoms with E-state index in [9.17, 15) is 9.18 Å². The van der Waals surface area contributed by atoms with Gasteiger partial charge in [0.25, 0.3) is 5.91 Å². The van der Waals surface area contributed by atoms with Gasteiger partial charge in [-0.05, 0) is 25.5 Å². The molecule has 0 saturated heterocycles. The molecule has 0 aliphatic carbocycles. The van der Waals surface area contributed by atoms with Crippen LogP contribution in [0.3, 0.4) is 0 Å². The third kappa shape index (κ3) is 3.70. The Morgan fingerprint density at radius 1 is 1.50 bits per heavy atom. The van der Waals surface area contributed by atoms with Crippen molar-refractivity contribution in [2.24, 2.45) is 0 Å². The lowest BCUT2D eigenvalue weighted by molar-refractivity contribution is 0.0614. The summed E-state index contributed by atoms with van der Waals surface area (Å²) < 4.78 is 18.8. The second-order valence-electron chi connectivity index (χ2n) is 4.66. The molecular formula is C15H23FN2O2. The van der Waals surface area contributed by atoms with Gasteiger partial charge in [-0.25, -0.2) is 4.39 Å². The Morgan fingerprint density at radius 2 is 2.20 bits per heavy atom. The number of hydrogen-bond acceptors (Lipinski definition) is 3. The van der Waals surface area contributed by atoms with Gasteiger partial charge in [0, 0.05) is 26.7 Å². The summed E-state index contributed by atoms with van der Waals surface area (Å²) in [5.74, 6) is -0.602. The summed E-state index contributed by atoms with van der Waals surface area (Å²) >= 11 is 0. The number of para-hydroxylation sites is 1. The van der Waals surface area contributed by atoms with Crippen molar-refractivity contribution in [2.45, 2.75) is 26.3 Å². The number of rotatable bonds is 7. The van der Waals surface area contributed by atoms with Crippen LogP contribution in [-0.4, -0.2) is 44.2 Å². The summed E-state index contributed by atoms with van der Waals surface area (Å²) in [6.45, 7) is 4.94. The number of carbonyl (C=O) groups excluding carboxylic acids is 1. The monoisotopic (exact) mass is 282 g/mol. The molecule has 0 fully saturated rings. The third-order valence-electron chi connectivity index (χ3n) is 3.41. The average molecular weight is 282 g/mol. The quantitative estimate of drug-likeness (QED) is 0.836. The Bertz CT molecular complexity index is 451. The zero-order valence-corrected chi connectivity index (χ0v) is 12.6. The van der Waals surface area contributed by atoms with Crippen LogP contribution < -0.4 is 5.32 Å². The van der Waals surface area contributed by atoms with E-state index in [2.05, 4.69) is 5.32 Å². The number of carbonyl (C=O) groups is 1. The first-order chi connectivity index (χ1) is 9.56. The van der Waals surface area contributed by atoms with Crippen molar-refractivity contribution in [2.75, 3.05) is 32.6 Å². The molecule has 4 nitrogen and oxygen atoms in total. The first kappa shape index (κ1) is 16.4. The number of benzene rings is 1. The van der Waals surface area contributed by atoms with Crippen molar-refractivity contribution in [1.82, 2.24) is 4.90 Å². The topological polar surface area (TPSA) is 41.6 Å². The fraction of sp³-hybridized carbons (Fsp3) is 0.533. The zero-order valence-electron chi connectivity index (χ0n) is 12.6.